The maximum absolute atomic E-state index is 10.6. The highest BCUT2D eigenvalue weighted by atomic mass is 79.9. The fraction of sp³-hybridized carbons (Fsp3) is 0.308. The Hall–Kier alpha value is -0.940. The van der Waals surface area contributed by atoms with E-state index in [1.807, 2.05) is 25.2 Å². The summed E-state index contributed by atoms with van der Waals surface area (Å²) in [6.07, 6.45) is 4.86. The minimum Gasteiger partial charge on any atom is -0.478 e. The lowest BCUT2D eigenvalue weighted by atomic mass is 10.1. The number of carbonyl (C=O) groups is 1. The molecule has 1 rings (SSSR count). The minimum atomic E-state index is -0.935. The summed E-state index contributed by atoms with van der Waals surface area (Å²) in [4.78, 5) is 12.7. The second-order valence-corrected chi connectivity index (χ2v) is 5.69. The number of carboxylic acids is 1. The first-order chi connectivity index (χ1) is 8.54. The number of aliphatic carboxylic acids is 1. The van der Waals surface area contributed by atoms with Gasteiger partial charge in [-0.1, -0.05) is 22.0 Å². The van der Waals surface area contributed by atoms with Crippen molar-refractivity contribution in [3.8, 4) is 0 Å². The number of benzene rings is 1. The molecule has 0 amide bonds. The number of hydrogen-bond donors (Lipinski definition) is 1. The summed E-state index contributed by atoms with van der Waals surface area (Å²) in [5.74, 6) is 0.0982. The average Bonchev–Trinajstić information content (AvgIpc) is 2.34. The highest BCUT2D eigenvalue weighted by Crippen LogP contribution is 2.25. The van der Waals surface area contributed by atoms with Crippen LogP contribution in [0.3, 0.4) is 0 Å². The van der Waals surface area contributed by atoms with E-state index in [9.17, 15) is 4.79 Å². The van der Waals surface area contributed by atoms with Gasteiger partial charge in [-0.2, -0.15) is 11.8 Å². The van der Waals surface area contributed by atoms with E-state index in [1.54, 1.807) is 17.8 Å². The highest BCUT2D eigenvalue weighted by Gasteiger charge is 2.06. The molecule has 18 heavy (non-hydrogen) atoms. The molecule has 0 aliphatic heterocycles. The van der Waals surface area contributed by atoms with Crippen molar-refractivity contribution in [1.29, 1.82) is 0 Å². The number of nitrogens with zero attached hydrogens (tertiary/aromatic N) is 1. The van der Waals surface area contributed by atoms with Crippen LogP contribution in [0.2, 0.25) is 0 Å². The molecule has 1 aromatic rings. The molecule has 0 saturated heterocycles. The van der Waals surface area contributed by atoms with Crippen LogP contribution in [-0.2, 0) is 4.79 Å². The summed E-state index contributed by atoms with van der Waals surface area (Å²) in [5, 5.41) is 8.69. The number of hydrogen-bond acceptors (Lipinski definition) is 3. The predicted octanol–water partition coefficient (Wildman–Crippen LogP) is 3.35. The molecule has 0 bridgehead atoms. The van der Waals surface area contributed by atoms with Crippen LogP contribution in [0.5, 0.6) is 0 Å². The lowest BCUT2D eigenvalue weighted by molar-refractivity contribution is -0.131. The second-order valence-electron chi connectivity index (χ2n) is 3.79. The molecular formula is C13H16BrNO2S. The monoisotopic (exact) mass is 329 g/mol. The van der Waals surface area contributed by atoms with Crippen LogP contribution in [0.4, 0.5) is 5.69 Å². The Morgan fingerprint density at radius 3 is 2.89 bits per heavy atom. The Morgan fingerprint density at radius 1 is 1.56 bits per heavy atom. The molecule has 0 radical (unpaired) electrons. The van der Waals surface area contributed by atoms with Gasteiger partial charge in [-0.3, -0.25) is 0 Å². The molecule has 1 aromatic carbocycles. The molecule has 0 spiro atoms. The summed E-state index contributed by atoms with van der Waals surface area (Å²) in [6.45, 7) is 0.922. The van der Waals surface area contributed by atoms with Gasteiger partial charge in [0.25, 0.3) is 0 Å². The third-order valence-corrected chi connectivity index (χ3v) is 3.52. The van der Waals surface area contributed by atoms with Crippen molar-refractivity contribution < 1.29 is 9.90 Å². The first kappa shape index (κ1) is 15.1. The van der Waals surface area contributed by atoms with Crippen molar-refractivity contribution in [2.45, 2.75) is 0 Å². The van der Waals surface area contributed by atoms with Gasteiger partial charge in [0, 0.05) is 35.6 Å². The van der Waals surface area contributed by atoms with Crippen LogP contribution in [0.15, 0.2) is 28.7 Å². The zero-order valence-electron chi connectivity index (χ0n) is 10.4. The normalized spacial score (nSPS) is 10.8. The van der Waals surface area contributed by atoms with E-state index in [0.717, 1.165) is 34.1 Å². The molecular weight excluding hydrogens is 314 g/mol. The van der Waals surface area contributed by atoms with E-state index in [1.165, 1.54) is 0 Å². The maximum Gasteiger partial charge on any atom is 0.328 e. The van der Waals surface area contributed by atoms with Gasteiger partial charge in [0.1, 0.15) is 0 Å². The van der Waals surface area contributed by atoms with Gasteiger partial charge in [-0.05, 0) is 30.0 Å². The van der Waals surface area contributed by atoms with Gasteiger partial charge in [-0.25, -0.2) is 4.79 Å². The fourth-order valence-corrected chi connectivity index (χ4v) is 2.30. The van der Waals surface area contributed by atoms with E-state index < -0.39 is 5.97 Å². The van der Waals surface area contributed by atoms with Crippen LogP contribution in [0.1, 0.15) is 5.56 Å². The maximum atomic E-state index is 10.6. The van der Waals surface area contributed by atoms with E-state index in [2.05, 4.69) is 27.1 Å². The van der Waals surface area contributed by atoms with Crippen molar-refractivity contribution in [2.24, 2.45) is 0 Å². The third-order valence-electron chi connectivity index (χ3n) is 2.44. The first-order valence-corrected chi connectivity index (χ1v) is 7.64. The SMILES string of the molecule is CSCCN(C)c1cc(Br)ccc1/C=C/C(=O)O. The molecule has 0 aromatic heterocycles. The average molecular weight is 330 g/mol. The summed E-state index contributed by atoms with van der Waals surface area (Å²) in [7, 11) is 2.01. The Labute approximate surface area is 120 Å². The largest absolute Gasteiger partial charge is 0.478 e. The van der Waals surface area contributed by atoms with Crippen LogP contribution < -0.4 is 4.90 Å². The molecule has 0 aliphatic carbocycles. The number of rotatable bonds is 6. The Balaban J connectivity index is 2.99. The summed E-state index contributed by atoms with van der Waals surface area (Å²) >= 11 is 5.23. The molecule has 3 nitrogen and oxygen atoms in total. The molecule has 1 N–H and O–H groups in total. The summed E-state index contributed by atoms with van der Waals surface area (Å²) in [5.41, 5.74) is 1.93. The Kier molecular flexibility index (Phi) is 6.29. The van der Waals surface area contributed by atoms with Crippen LogP contribution >= 0.6 is 27.7 Å². The lowest BCUT2D eigenvalue weighted by Crippen LogP contribution is -2.21. The molecule has 98 valence electrons. The van der Waals surface area contributed by atoms with Crippen molar-refractivity contribution in [3.05, 3.63) is 34.3 Å². The molecule has 0 aliphatic rings. The summed E-state index contributed by atoms with van der Waals surface area (Å²) in [6, 6.07) is 5.82. The van der Waals surface area contributed by atoms with Gasteiger partial charge in [0.15, 0.2) is 0 Å². The van der Waals surface area contributed by atoms with Crippen molar-refractivity contribution in [2.75, 3.05) is 30.5 Å². The zero-order valence-corrected chi connectivity index (χ0v) is 12.8. The highest BCUT2D eigenvalue weighted by molar-refractivity contribution is 9.10. The molecule has 5 heteroatoms. The predicted molar refractivity (Wildman–Crippen MR) is 82.5 cm³/mol. The lowest BCUT2D eigenvalue weighted by Gasteiger charge is -2.21. The van der Waals surface area contributed by atoms with E-state index >= 15 is 0 Å². The third kappa shape index (κ3) is 4.74. The van der Waals surface area contributed by atoms with Crippen molar-refractivity contribution in [3.63, 3.8) is 0 Å². The van der Waals surface area contributed by atoms with E-state index in [-0.39, 0.29) is 0 Å². The number of thioether (sulfide) groups is 1. The molecule has 0 unspecified atom stereocenters. The van der Waals surface area contributed by atoms with Crippen molar-refractivity contribution in [1.82, 2.24) is 0 Å². The van der Waals surface area contributed by atoms with Gasteiger partial charge in [-0.15, -0.1) is 0 Å². The van der Waals surface area contributed by atoms with E-state index in [0.29, 0.717) is 0 Å². The molecule has 0 atom stereocenters. The minimum absolute atomic E-state index is 0.907. The van der Waals surface area contributed by atoms with Gasteiger partial charge in [0.2, 0.25) is 0 Å². The van der Waals surface area contributed by atoms with Gasteiger partial charge >= 0.3 is 5.97 Å². The number of anilines is 1. The Bertz CT molecular complexity index is 449. The topological polar surface area (TPSA) is 40.5 Å². The van der Waals surface area contributed by atoms with Crippen LogP contribution in [0, 0.1) is 0 Å². The quantitative estimate of drug-likeness (QED) is 0.812. The van der Waals surface area contributed by atoms with Crippen molar-refractivity contribution >= 4 is 45.4 Å². The standard InChI is InChI=1S/C13H16BrNO2S/c1-15(7-8-18-2)12-9-11(14)5-3-10(12)4-6-13(16)17/h3-6,9H,7-8H2,1-2H3,(H,16,17)/b6-4+. The molecule has 0 fully saturated rings. The summed E-state index contributed by atoms with van der Waals surface area (Å²) < 4.78 is 0.987. The molecule has 0 heterocycles. The van der Waals surface area contributed by atoms with E-state index in [4.69, 9.17) is 5.11 Å². The zero-order chi connectivity index (χ0) is 13.5. The number of halogens is 1. The first-order valence-electron chi connectivity index (χ1n) is 5.45. The van der Waals surface area contributed by atoms with Gasteiger partial charge < -0.3 is 10.0 Å². The smallest absolute Gasteiger partial charge is 0.328 e. The van der Waals surface area contributed by atoms with Crippen LogP contribution in [0.25, 0.3) is 6.08 Å². The number of carboxylic acid groups (broad SMARTS) is 1. The van der Waals surface area contributed by atoms with Gasteiger partial charge in [0.05, 0.1) is 0 Å². The molecule has 0 saturated carbocycles. The fourth-order valence-electron chi connectivity index (χ4n) is 1.50. The Morgan fingerprint density at radius 2 is 2.28 bits per heavy atom. The second kappa shape index (κ2) is 7.48. The van der Waals surface area contributed by atoms with Crippen LogP contribution in [-0.4, -0.2) is 36.7 Å².